The van der Waals surface area contributed by atoms with Gasteiger partial charge in [-0.3, -0.25) is 9.59 Å². The van der Waals surface area contributed by atoms with Crippen molar-refractivity contribution in [1.29, 1.82) is 0 Å². The summed E-state index contributed by atoms with van der Waals surface area (Å²) in [6, 6.07) is 17.2. The molecule has 4 atom stereocenters. The molecule has 1 heterocycles. The van der Waals surface area contributed by atoms with Gasteiger partial charge in [-0.15, -0.1) is 12.4 Å². The summed E-state index contributed by atoms with van der Waals surface area (Å²) in [5, 5.41) is 2.93. The molecule has 2 aromatic carbocycles. The second kappa shape index (κ2) is 8.33. The molecule has 2 unspecified atom stereocenters. The minimum absolute atomic E-state index is 0. The number of halogens is 1. The summed E-state index contributed by atoms with van der Waals surface area (Å²) < 4.78 is 0. The van der Waals surface area contributed by atoms with E-state index in [1.807, 2.05) is 35.2 Å². The first-order valence-electron chi connectivity index (χ1n) is 9.53. The van der Waals surface area contributed by atoms with E-state index in [2.05, 4.69) is 24.4 Å². The Morgan fingerprint density at radius 1 is 1.07 bits per heavy atom. The van der Waals surface area contributed by atoms with Gasteiger partial charge in [0.25, 0.3) is 5.91 Å². The number of hydrogen-bond acceptors (Lipinski definition) is 3. The first kappa shape index (κ1) is 20.4. The van der Waals surface area contributed by atoms with E-state index in [9.17, 15) is 9.59 Å². The summed E-state index contributed by atoms with van der Waals surface area (Å²) in [4.78, 5) is 26.9. The molecular weight excluding hydrogens is 374 g/mol. The molecule has 5 nitrogen and oxygen atoms in total. The predicted octanol–water partition coefficient (Wildman–Crippen LogP) is 3.27. The maximum atomic E-state index is 13.0. The van der Waals surface area contributed by atoms with Crippen molar-refractivity contribution in [3.63, 3.8) is 0 Å². The van der Waals surface area contributed by atoms with Crippen LogP contribution in [0.25, 0.3) is 0 Å². The SMILES string of the molecule is CC1CC1C(=O)Nc1cccc(C(=O)N2C[C@@H](N)[C@H](c3ccccc3)C2)c1.Cl. The van der Waals surface area contributed by atoms with Crippen molar-refractivity contribution < 1.29 is 9.59 Å². The van der Waals surface area contributed by atoms with E-state index in [1.54, 1.807) is 12.1 Å². The molecule has 4 rings (SSSR count). The second-order valence-corrected chi connectivity index (χ2v) is 7.78. The van der Waals surface area contributed by atoms with Crippen molar-refractivity contribution >= 4 is 29.9 Å². The van der Waals surface area contributed by atoms with Crippen LogP contribution in [0.3, 0.4) is 0 Å². The number of nitrogens with one attached hydrogen (secondary N) is 1. The maximum Gasteiger partial charge on any atom is 0.254 e. The van der Waals surface area contributed by atoms with Crippen LogP contribution in [-0.4, -0.2) is 35.8 Å². The summed E-state index contributed by atoms with van der Waals surface area (Å²) in [5.41, 5.74) is 8.74. The predicted molar refractivity (Wildman–Crippen MR) is 113 cm³/mol. The van der Waals surface area contributed by atoms with Crippen LogP contribution in [0.4, 0.5) is 5.69 Å². The zero-order valence-electron chi connectivity index (χ0n) is 15.9. The van der Waals surface area contributed by atoms with Crippen LogP contribution in [0.5, 0.6) is 0 Å². The van der Waals surface area contributed by atoms with Crippen molar-refractivity contribution in [2.75, 3.05) is 18.4 Å². The highest BCUT2D eigenvalue weighted by Crippen LogP contribution is 2.38. The Bertz CT molecular complexity index is 858. The molecule has 1 saturated heterocycles. The molecule has 2 amide bonds. The Balaban J connectivity index is 0.00000225. The maximum absolute atomic E-state index is 13.0. The number of carbonyl (C=O) groups is 2. The van der Waals surface area contributed by atoms with Crippen molar-refractivity contribution in [3.8, 4) is 0 Å². The van der Waals surface area contributed by atoms with E-state index in [4.69, 9.17) is 5.73 Å². The molecular formula is C22H26ClN3O2. The molecule has 1 aliphatic heterocycles. The lowest BCUT2D eigenvalue weighted by Gasteiger charge is -2.17. The van der Waals surface area contributed by atoms with Crippen molar-refractivity contribution in [1.82, 2.24) is 4.90 Å². The van der Waals surface area contributed by atoms with Gasteiger partial charge in [0.15, 0.2) is 0 Å². The van der Waals surface area contributed by atoms with Gasteiger partial charge in [0.1, 0.15) is 0 Å². The molecule has 2 aliphatic rings. The fourth-order valence-corrected chi connectivity index (χ4v) is 3.88. The summed E-state index contributed by atoms with van der Waals surface area (Å²) in [6.07, 6.45) is 0.941. The quantitative estimate of drug-likeness (QED) is 0.828. The Morgan fingerprint density at radius 3 is 2.46 bits per heavy atom. The third-order valence-corrected chi connectivity index (χ3v) is 5.70. The number of rotatable bonds is 4. The number of hydrogen-bond donors (Lipinski definition) is 2. The van der Waals surface area contributed by atoms with Crippen LogP contribution in [-0.2, 0) is 4.79 Å². The number of amides is 2. The number of anilines is 1. The van der Waals surface area contributed by atoms with Gasteiger partial charge in [0, 0.05) is 42.2 Å². The second-order valence-electron chi connectivity index (χ2n) is 7.78. The van der Waals surface area contributed by atoms with E-state index in [0.717, 1.165) is 6.42 Å². The summed E-state index contributed by atoms with van der Waals surface area (Å²) in [5.74, 6) is 0.706. The molecule has 0 aromatic heterocycles. The molecule has 2 fully saturated rings. The van der Waals surface area contributed by atoms with Gasteiger partial charge in [0.05, 0.1) is 0 Å². The normalized spacial score (nSPS) is 25.7. The Morgan fingerprint density at radius 2 is 1.79 bits per heavy atom. The monoisotopic (exact) mass is 399 g/mol. The number of nitrogens with zero attached hydrogens (tertiary/aromatic N) is 1. The van der Waals surface area contributed by atoms with Gasteiger partial charge >= 0.3 is 0 Å². The van der Waals surface area contributed by atoms with Gasteiger partial charge in [-0.05, 0) is 36.1 Å². The summed E-state index contributed by atoms with van der Waals surface area (Å²) >= 11 is 0. The highest BCUT2D eigenvalue weighted by molar-refractivity contribution is 5.98. The number of benzene rings is 2. The highest BCUT2D eigenvalue weighted by Gasteiger charge is 2.39. The molecule has 3 N–H and O–H groups in total. The smallest absolute Gasteiger partial charge is 0.254 e. The van der Waals surface area contributed by atoms with Crippen LogP contribution >= 0.6 is 12.4 Å². The molecule has 6 heteroatoms. The van der Waals surface area contributed by atoms with Crippen LogP contribution in [0.1, 0.15) is 35.2 Å². The van der Waals surface area contributed by atoms with Crippen LogP contribution in [0, 0.1) is 11.8 Å². The zero-order chi connectivity index (χ0) is 19.0. The molecule has 0 bridgehead atoms. The van der Waals surface area contributed by atoms with Crippen molar-refractivity contribution in [2.24, 2.45) is 17.6 Å². The fraction of sp³-hybridized carbons (Fsp3) is 0.364. The van der Waals surface area contributed by atoms with E-state index in [0.29, 0.717) is 30.3 Å². The minimum atomic E-state index is -0.0735. The lowest BCUT2D eigenvalue weighted by molar-refractivity contribution is -0.117. The largest absolute Gasteiger partial charge is 0.336 e. The standard InChI is InChI=1S/C22H25N3O2.ClH/c1-14-10-18(14)21(26)24-17-9-5-8-16(11-17)22(27)25-12-19(20(23)13-25)15-6-3-2-4-7-15;/h2-9,11,14,18-20H,10,12-13,23H2,1H3,(H,24,26);1H/t14?,18?,19-,20+;/m0./s1. The van der Waals surface area contributed by atoms with Crippen LogP contribution in [0.2, 0.25) is 0 Å². The van der Waals surface area contributed by atoms with E-state index in [-0.39, 0.29) is 42.1 Å². The fourth-order valence-electron chi connectivity index (χ4n) is 3.88. The van der Waals surface area contributed by atoms with Gasteiger partial charge in [-0.1, -0.05) is 43.3 Å². The van der Waals surface area contributed by atoms with Crippen molar-refractivity contribution in [2.45, 2.75) is 25.3 Å². The molecule has 0 spiro atoms. The molecule has 1 aliphatic carbocycles. The van der Waals surface area contributed by atoms with Gasteiger partial charge in [-0.2, -0.15) is 0 Å². The van der Waals surface area contributed by atoms with Gasteiger partial charge in [0.2, 0.25) is 5.91 Å². The third kappa shape index (κ3) is 4.21. The van der Waals surface area contributed by atoms with Crippen molar-refractivity contribution in [3.05, 3.63) is 65.7 Å². The lowest BCUT2D eigenvalue weighted by Crippen LogP contribution is -2.32. The Labute approximate surface area is 171 Å². The van der Waals surface area contributed by atoms with E-state index < -0.39 is 0 Å². The Hall–Kier alpha value is -2.37. The average Bonchev–Trinajstić information content (AvgIpc) is 3.29. The third-order valence-electron chi connectivity index (χ3n) is 5.70. The number of nitrogens with two attached hydrogens (primary N) is 1. The van der Waals surface area contributed by atoms with Crippen LogP contribution in [0.15, 0.2) is 54.6 Å². The number of carbonyl (C=O) groups excluding carboxylic acids is 2. The number of likely N-dealkylation sites (tertiary alicyclic amines) is 1. The van der Waals surface area contributed by atoms with Gasteiger partial charge in [-0.25, -0.2) is 0 Å². The summed E-state index contributed by atoms with van der Waals surface area (Å²) in [6.45, 7) is 3.22. The van der Waals surface area contributed by atoms with Crippen LogP contribution < -0.4 is 11.1 Å². The molecule has 2 aromatic rings. The van der Waals surface area contributed by atoms with E-state index >= 15 is 0 Å². The Kier molecular flexibility index (Phi) is 6.06. The first-order valence-corrected chi connectivity index (χ1v) is 9.53. The minimum Gasteiger partial charge on any atom is -0.336 e. The van der Waals surface area contributed by atoms with E-state index in [1.165, 1.54) is 5.56 Å². The molecule has 1 saturated carbocycles. The molecule has 28 heavy (non-hydrogen) atoms. The molecule has 0 radical (unpaired) electrons. The topological polar surface area (TPSA) is 75.4 Å². The first-order chi connectivity index (χ1) is 13.0. The molecule has 148 valence electrons. The highest BCUT2D eigenvalue weighted by atomic mass is 35.5. The lowest BCUT2D eigenvalue weighted by atomic mass is 9.95. The summed E-state index contributed by atoms with van der Waals surface area (Å²) in [7, 11) is 0. The van der Waals surface area contributed by atoms with Gasteiger partial charge < -0.3 is 16.0 Å². The average molecular weight is 400 g/mol. The zero-order valence-corrected chi connectivity index (χ0v) is 16.7.